The summed E-state index contributed by atoms with van der Waals surface area (Å²) in [6, 6.07) is 0. The zero-order chi connectivity index (χ0) is 16.8. The van der Waals surface area contributed by atoms with E-state index in [9.17, 15) is 13.2 Å². The van der Waals surface area contributed by atoms with E-state index in [1.165, 1.54) is 39.2 Å². The van der Waals surface area contributed by atoms with Crippen LogP contribution in [0.4, 0.5) is 0 Å². The van der Waals surface area contributed by atoms with E-state index in [1.54, 1.807) is 7.11 Å². The summed E-state index contributed by atoms with van der Waals surface area (Å²) >= 11 is 0. The van der Waals surface area contributed by atoms with Crippen LogP contribution in [0, 0.1) is 23.7 Å². The Morgan fingerprint density at radius 2 is 1.70 bits per heavy atom. The second kappa shape index (κ2) is 6.01. The third-order valence-corrected chi connectivity index (χ3v) is 7.66. The Morgan fingerprint density at radius 1 is 1.17 bits per heavy atom. The van der Waals surface area contributed by atoms with Gasteiger partial charge in [0.05, 0.1) is 18.4 Å². The van der Waals surface area contributed by atoms with E-state index in [2.05, 4.69) is 5.32 Å². The normalized spacial score (nSPS) is 39.0. The number of carbonyl (C=O) groups excluding carboxylic acids is 1. The Kier molecular flexibility index (Phi) is 4.48. The molecule has 0 atom stereocenters. The molecule has 0 aromatic carbocycles. The Balaban J connectivity index is 1.63. The topological polar surface area (TPSA) is 75.7 Å². The molecule has 6 nitrogen and oxygen atoms in total. The Labute approximate surface area is 139 Å². The van der Waals surface area contributed by atoms with Crippen LogP contribution in [0.2, 0.25) is 0 Å². The molecule has 0 spiro atoms. The molecule has 0 radical (unpaired) electrons. The summed E-state index contributed by atoms with van der Waals surface area (Å²) in [5.74, 6) is 2.47. The standard InChI is InChI=1S/C16H28N2O4S/c1-18(23(3,20)21)9-15(19)17-10-16(22-2)13-5-11-4-12(7-13)8-14(16)6-11/h11-14H,4-10H2,1-3H3,(H,17,19). The van der Waals surface area contributed by atoms with Gasteiger partial charge in [-0.05, 0) is 55.8 Å². The molecule has 0 unspecified atom stereocenters. The molecule has 0 aromatic heterocycles. The van der Waals surface area contributed by atoms with Crippen molar-refractivity contribution in [2.45, 2.75) is 37.7 Å². The number of amides is 1. The van der Waals surface area contributed by atoms with Gasteiger partial charge in [0.15, 0.2) is 0 Å². The zero-order valence-corrected chi connectivity index (χ0v) is 15.1. The molecular formula is C16H28N2O4S. The second-order valence-corrected chi connectivity index (χ2v) is 9.85. The van der Waals surface area contributed by atoms with Gasteiger partial charge in [-0.15, -0.1) is 0 Å². The minimum absolute atomic E-state index is 0.140. The van der Waals surface area contributed by atoms with Crippen molar-refractivity contribution in [3.63, 3.8) is 0 Å². The summed E-state index contributed by atoms with van der Waals surface area (Å²) in [6.45, 7) is 0.355. The van der Waals surface area contributed by atoms with Gasteiger partial charge in [0.1, 0.15) is 0 Å². The highest BCUT2D eigenvalue weighted by Gasteiger charge is 2.57. The average Bonchev–Trinajstić information content (AvgIpc) is 2.45. The molecule has 0 heterocycles. The molecule has 23 heavy (non-hydrogen) atoms. The van der Waals surface area contributed by atoms with E-state index >= 15 is 0 Å². The minimum atomic E-state index is -3.34. The number of methoxy groups -OCH3 is 1. The first kappa shape index (κ1) is 17.2. The summed E-state index contributed by atoms with van der Waals surface area (Å²) in [5.41, 5.74) is -0.257. The Hall–Kier alpha value is -0.660. The number of nitrogens with zero attached hydrogens (tertiary/aromatic N) is 1. The Morgan fingerprint density at radius 3 is 2.13 bits per heavy atom. The third-order valence-electron chi connectivity index (χ3n) is 6.39. The van der Waals surface area contributed by atoms with Crippen molar-refractivity contribution < 1.29 is 17.9 Å². The maximum Gasteiger partial charge on any atom is 0.235 e. The minimum Gasteiger partial charge on any atom is -0.376 e. The van der Waals surface area contributed by atoms with Crippen LogP contribution in [0.1, 0.15) is 32.1 Å². The van der Waals surface area contributed by atoms with E-state index in [0.717, 1.165) is 22.4 Å². The Bertz CT molecular complexity index is 547. The summed E-state index contributed by atoms with van der Waals surface area (Å²) in [6.07, 6.45) is 7.31. The van der Waals surface area contributed by atoms with Crippen molar-refractivity contribution >= 4 is 15.9 Å². The first-order valence-electron chi connectivity index (χ1n) is 8.47. The van der Waals surface area contributed by atoms with Crippen molar-refractivity contribution in [2.24, 2.45) is 23.7 Å². The number of likely N-dealkylation sites (N-methyl/N-ethyl adjacent to an activating group) is 1. The van der Waals surface area contributed by atoms with Crippen LogP contribution in [0.15, 0.2) is 0 Å². The summed E-state index contributed by atoms with van der Waals surface area (Å²) in [5, 5.41) is 2.94. The molecule has 0 aliphatic heterocycles. The lowest BCUT2D eigenvalue weighted by molar-refractivity contribution is -0.188. The molecule has 7 heteroatoms. The number of sulfonamides is 1. The van der Waals surface area contributed by atoms with E-state index in [-0.39, 0.29) is 18.1 Å². The molecule has 1 amide bonds. The van der Waals surface area contributed by atoms with Crippen LogP contribution in [0.25, 0.3) is 0 Å². The molecule has 0 saturated heterocycles. The molecule has 4 bridgehead atoms. The molecule has 132 valence electrons. The number of hydrogen-bond acceptors (Lipinski definition) is 4. The highest BCUT2D eigenvalue weighted by Crippen LogP contribution is 2.59. The number of hydrogen-bond donors (Lipinski definition) is 1. The lowest BCUT2D eigenvalue weighted by Crippen LogP contribution is -2.63. The molecule has 4 saturated carbocycles. The molecule has 0 aromatic rings. The van der Waals surface area contributed by atoms with Gasteiger partial charge in [-0.25, -0.2) is 8.42 Å². The summed E-state index contributed by atoms with van der Waals surface area (Å²) in [4.78, 5) is 12.1. The van der Waals surface area contributed by atoms with E-state index in [0.29, 0.717) is 18.4 Å². The first-order chi connectivity index (χ1) is 10.7. The van der Waals surface area contributed by atoms with Gasteiger partial charge in [0, 0.05) is 20.7 Å². The summed E-state index contributed by atoms with van der Waals surface area (Å²) < 4.78 is 29.9. The highest BCUT2D eigenvalue weighted by atomic mass is 32.2. The van der Waals surface area contributed by atoms with Gasteiger partial charge in [-0.3, -0.25) is 4.79 Å². The van der Waals surface area contributed by atoms with Crippen molar-refractivity contribution in [1.82, 2.24) is 9.62 Å². The fraction of sp³-hybridized carbons (Fsp3) is 0.938. The monoisotopic (exact) mass is 344 g/mol. The van der Waals surface area contributed by atoms with Gasteiger partial charge in [0.25, 0.3) is 0 Å². The van der Waals surface area contributed by atoms with Gasteiger partial charge in [-0.1, -0.05) is 0 Å². The fourth-order valence-corrected chi connectivity index (χ4v) is 5.64. The van der Waals surface area contributed by atoms with E-state index in [1.807, 2.05) is 0 Å². The molecule has 4 rings (SSSR count). The molecular weight excluding hydrogens is 316 g/mol. The largest absolute Gasteiger partial charge is 0.376 e. The highest BCUT2D eigenvalue weighted by molar-refractivity contribution is 7.88. The summed E-state index contributed by atoms with van der Waals surface area (Å²) in [7, 11) is -0.156. The van der Waals surface area contributed by atoms with E-state index < -0.39 is 10.0 Å². The van der Waals surface area contributed by atoms with Crippen molar-refractivity contribution in [3.8, 4) is 0 Å². The molecule has 4 aliphatic carbocycles. The van der Waals surface area contributed by atoms with Crippen LogP contribution in [-0.2, 0) is 19.6 Å². The second-order valence-electron chi connectivity index (χ2n) is 7.76. The number of ether oxygens (including phenoxy) is 1. The van der Waals surface area contributed by atoms with Gasteiger partial charge in [-0.2, -0.15) is 4.31 Å². The predicted molar refractivity (Wildman–Crippen MR) is 87.3 cm³/mol. The van der Waals surface area contributed by atoms with Crippen LogP contribution in [-0.4, -0.2) is 57.7 Å². The van der Waals surface area contributed by atoms with Crippen molar-refractivity contribution in [1.29, 1.82) is 0 Å². The SMILES string of the molecule is COC1(CNC(=O)CN(C)S(C)(=O)=O)C2CC3CC(C2)CC1C3. The molecule has 4 aliphatic rings. The van der Waals surface area contributed by atoms with Gasteiger partial charge >= 0.3 is 0 Å². The van der Waals surface area contributed by atoms with E-state index in [4.69, 9.17) is 4.74 Å². The lowest BCUT2D eigenvalue weighted by atomic mass is 9.49. The van der Waals surface area contributed by atoms with Crippen LogP contribution in [0.5, 0.6) is 0 Å². The van der Waals surface area contributed by atoms with Gasteiger partial charge < -0.3 is 10.1 Å². The predicted octanol–water partition coefficient (Wildman–Crippen LogP) is 0.835. The lowest BCUT2D eigenvalue weighted by Gasteiger charge is -2.60. The fourth-order valence-electron chi connectivity index (χ4n) is 5.29. The smallest absolute Gasteiger partial charge is 0.235 e. The maximum atomic E-state index is 12.1. The van der Waals surface area contributed by atoms with Crippen LogP contribution < -0.4 is 5.32 Å². The average molecular weight is 344 g/mol. The maximum absolute atomic E-state index is 12.1. The number of nitrogens with one attached hydrogen (secondary N) is 1. The zero-order valence-electron chi connectivity index (χ0n) is 14.2. The number of carbonyl (C=O) groups is 1. The van der Waals surface area contributed by atoms with Gasteiger partial charge in [0.2, 0.25) is 15.9 Å². The number of rotatable bonds is 6. The van der Waals surface area contributed by atoms with Crippen LogP contribution >= 0.6 is 0 Å². The third kappa shape index (κ3) is 3.15. The van der Waals surface area contributed by atoms with Crippen LogP contribution in [0.3, 0.4) is 0 Å². The first-order valence-corrected chi connectivity index (χ1v) is 10.3. The molecule has 1 N–H and O–H groups in total. The van der Waals surface area contributed by atoms with Crippen molar-refractivity contribution in [3.05, 3.63) is 0 Å². The molecule has 4 fully saturated rings. The quantitative estimate of drug-likeness (QED) is 0.775. The van der Waals surface area contributed by atoms with Crippen molar-refractivity contribution in [2.75, 3.05) is 33.5 Å².